The Hall–Kier alpha value is -2.89. The number of para-hydroxylation sites is 1. The van der Waals surface area contributed by atoms with Crippen LogP contribution in [0.1, 0.15) is 12.0 Å². The third-order valence-electron chi connectivity index (χ3n) is 3.68. The zero-order valence-electron chi connectivity index (χ0n) is 11.8. The summed E-state index contributed by atoms with van der Waals surface area (Å²) in [5.74, 6) is -1.59. The molecule has 1 aliphatic heterocycles. The SMILES string of the molecule is O=C(Nc1cc(O)c(O)c(O)c1)N1CCCc2ccccc21. The van der Waals surface area contributed by atoms with Crippen LogP contribution >= 0.6 is 0 Å². The zero-order chi connectivity index (χ0) is 15.7. The van der Waals surface area contributed by atoms with Gasteiger partial charge in [-0.25, -0.2) is 4.79 Å². The number of rotatable bonds is 1. The molecule has 0 bridgehead atoms. The van der Waals surface area contributed by atoms with Crippen molar-refractivity contribution in [2.75, 3.05) is 16.8 Å². The molecule has 114 valence electrons. The molecule has 3 rings (SSSR count). The van der Waals surface area contributed by atoms with Gasteiger partial charge < -0.3 is 20.6 Å². The molecule has 0 radical (unpaired) electrons. The fourth-order valence-corrected chi connectivity index (χ4v) is 2.61. The van der Waals surface area contributed by atoms with E-state index in [1.807, 2.05) is 24.3 Å². The molecule has 22 heavy (non-hydrogen) atoms. The first-order valence-electron chi connectivity index (χ1n) is 6.97. The van der Waals surface area contributed by atoms with Crippen molar-refractivity contribution in [2.24, 2.45) is 0 Å². The summed E-state index contributed by atoms with van der Waals surface area (Å²) in [6.45, 7) is 0.596. The average Bonchev–Trinajstić information content (AvgIpc) is 2.52. The molecule has 0 aromatic heterocycles. The summed E-state index contributed by atoms with van der Waals surface area (Å²) in [6, 6.07) is 9.72. The van der Waals surface area contributed by atoms with Crippen LogP contribution < -0.4 is 10.2 Å². The van der Waals surface area contributed by atoms with Crippen LogP contribution in [0.3, 0.4) is 0 Å². The molecule has 0 fully saturated rings. The number of nitrogens with one attached hydrogen (secondary N) is 1. The predicted molar refractivity (Wildman–Crippen MR) is 82.6 cm³/mol. The molecule has 2 amide bonds. The van der Waals surface area contributed by atoms with E-state index in [0.717, 1.165) is 24.1 Å². The number of benzene rings is 2. The number of amides is 2. The highest BCUT2D eigenvalue weighted by atomic mass is 16.3. The predicted octanol–water partition coefficient (Wildman–Crippen LogP) is 2.79. The summed E-state index contributed by atoms with van der Waals surface area (Å²) < 4.78 is 0. The normalized spacial score (nSPS) is 13.5. The van der Waals surface area contributed by atoms with E-state index in [1.54, 1.807) is 4.90 Å². The number of urea groups is 1. The fraction of sp³-hybridized carbons (Fsp3) is 0.188. The summed E-state index contributed by atoms with van der Waals surface area (Å²) in [5, 5.41) is 30.9. The van der Waals surface area contributed by atoms with E-state index in [9.17, 15) is 20.1 Å². The van der Waals surface area contributed by atoms with Crippen molar-refractivity contribution < 1.29 is 20.1 Å². The van der Waals surface area contributed by atoms with Gasteiger partial charge in [0.2, 0.25) is 0 Å². The summed E-state index contributed by atoms with van der Waals surface area (Å²) in [7, 11) is 0. The number of anilines is 2. The molecule has 0 atom stereocenters. The van der Waals surface area contributed by atoms with Gasteiger partial charge in [-0.15, -0.1) is 0 Å². The van der Waals surface area contributed by atoms with Crippen molar-refractivity contribution in [1.29, 1.82) is 0 Å². The average molecular weight is 300 g/mol. The lowest BCUT2D eigenvalue weighted by atomic mass is 10.0. The fourth-order valence-electron chi connectivity index (χ4n) is 2.61. The number of hydrogen-bond acceptors (Lipinski definition) is 4. The third kappa shape index (κ3) is 2.50. The van der Waals surface area contributed by atoms with Crippen molar-refractivity contribution in [3.8, 4) is 17.2 Å². The summed E-state index contributed by atoms with van der Waals surface area (Å²) in [6.07, 6.45) is 1.80. The molecule has 2 aromatic rings. The van der Waals surface area contributed by atoms with E-state index < -0.39 is 17.2 Å². The highest BCUT2D eigenvalue weighted by molar-refractivity contribution is 6.02. The van der Waals surface area contributed by atoms with E-state index in [2.05, 4.69) is 5.32 Å². The lowest BCUT2D eigenvalue weighted by molar-refractivity contribution is 0.256. The van der Waals surface area contributed by atoms with Gasteiger partial charge in [-0.1, -0.05) is 18.2 Å². The Morgan fingerprint density at radius 2 is 1.77 bits per heavy atom. The van der Waals surface area contributed by atoms with Crippen molar-refractivity contribution in [1.82, 2.24) is 0 Å². The zero-order valence-corrected chi connectivity index (χ0v) is 11.8. The van der Waals surface area contributed by atoms with Crippen LogP contribution in [-0.2, 0) is 6.42 Å². The first-order valence-corrected chi connectivity index (χ1v) is 6.97. The molecule has 0 unspecified atom stereocenters. The smallest absolute Gasteiger partial charge is 0.326 e. The van der Waals surface area contributed by atoms with E-state index in [-0.39, 0.29) is 11.7 Å². The van der Waals surface area contributed by atoms with E-state index in [4.69, 9.17) is 0 Å². The minimum absolute atomic E-state index is 0.209. The lowest BCUT2D eigenvalue weighted by Crippen LogP contribution is -2.38. The van der Waals surface area contributed by atoms with Gasteiger partial charge in [0.1, 0.15) is 0 Å². The molecule has 6 nitrogen and oxygen atoms in total. The standard InChI is InChI=1S/C16H16N2O4/c19-13-8-11(9-14(20)15(13)21)17-16(22)18-7-3-5-10-4-1-2-6-12(10)18/h1-2,4,6,8-9,19-21H,3,5,7H2,(H,17,22). The minimum atomic E-state index is -0.610. The van der Waals surface area contributed by atoms with Crippen molar-refractivity contribution >= 4 is 17.4 Å². The largest absolute Gasteiger partial charge is 0.504 e. The monoisotopic (exact) mass is 300 g/mol. The second-order valence-corrected chi connectivity index (χ2v) is 5.18. The molecule has 0 saturated heterocycles. The van der Waals surface area contributed by atoms with Gasteiger partial charge in [0.25, 0.3) is 0 Å². The molecule has 1 aliphatic rings. The number of aryl methyl sites for hydroxylation is 1. The van der Waals surface area contributed by atoms with Crippen molar-refractivity contribution in [2.45, 2.75) is 12.8 Å². The molecule has 0 saturated carbocycles. The van der Waals surface area contributed by atoms with Crippen LogP contribution in [-0.4, -0.2) is 27.9 Å². The van der Waals surface area contributed by atoms with Gasteiger partial charge in [-0.3, -0.25) is 4.90 Å². The highest BCUT2D eigenvalue weighted by Gasteiger charge is 2.22. The number of hydrogen-bond donors (Lipinski definition) is 4. The van der Waals surface area contributed by atoms with Crippen molar-refractivity contribution in [3.05, 3.63) is 42.0 Å². The van der Waals surface area contributed by atoms with Crippen LogP contribution in [0.15, 0.2) is 36.4 Å². The number of carbonyl (C=O) groups is 1. The number of aromatic hydroxyl groups is 3. The van der Waals surface area contributed by atoms with Crippen LogP contribution in [0.25, 0.3) is 0 Å². The Bertz CT molecular complexity index is 707. The summed E-state index contributed by atoms with van der Waals surface area (Å²) >= 11 is 0. The number of phenolic OH excluding ortho intramolecular Hbond substituents is 3. The first-order chi connectivity index (χ1) is 10.6. The summed E-state index contributed by atoms with van der Waals surface area (Å²) in [5.41, 5.74) is 2.18. The quantitative estimate of drug-likeness (QED) is 0.481. The van der Waals surface area contributed by atoms with Gasteiger partial charge in [0.05, 0.1) is 5.69 Å². The maximum absolute atomic E-state index is 12.4. The third-order valence-corrected chi connectivity index (χ3v) is 3.68. The molecule has 4 N–H and O–H groups in total. The van der Waals surface area contributed by atoms with Crippen LogP contribution in [0.4, 0.5) is 16.2 Å². The Morgan fingerprint density at radius 3 is 2.50 bits per heavy atom. The van der Waals surface area contributed by atoms with Gasteiger partial charge in [0, 0.05) is 24.4 Å². The Balaban J connectivity index is 1.84. The van der Waals surface area contributed by atoms with Crippen LogP contribution in [0, 0.1) is 0 Å². The maximum Gasteiger partial charge on any atom is 0.326 e. The van der Waals surface area contributed by atoms with E-state index >= 15 is 0 Å². The molecule has 0 spiro atoms. The van der Waals surface area contributed by atoms with E-state index in [1.165, 1.54) is 12.1 Å². The van der Waals surface area contributed by atoms with Gasteiger partial charge in [0.15, 0.2) is 17.2 Å². The molecule has 1 heterocycles. The van der Waals surface area contributed by atoms with Crippen molar-refractivity contribution in [3.63, 3.8) is 0 Å². The van der Waals surface area contributed by atoms with Crippen LogP contribution in [0.5, 0.6) is 17.2 Å². The first kappa shape index (κ1) is 14.1. The number of nitrogens with zero attached hydrogens (tertiary/aromatic N) is 1. The topological polar surface area (TPSA) is 93.0 Å². The highest BCUT2D eigenvalue weighted by Crippen LogP contribution is 2.37. The lowest BCUT2D eigenvalue weighted by Gasteiger charge is -2.29. The van der Waals surface area contributed by atoms with E-state index in [0.29, 0.717) is 6.54 Å². The number of fused-ring (bicyclic) bond motifs is 1. The van der Waals surface area contributed by atoms with Gasteiger partial charge in [-0.05, 0) is 24.5 Å². The van der Waals surface area contributed by atoms with Gasteiger partial charge >= 0.3 is 6.03 Å². The Labute approximate surface area is 127 Å². The molecule has 0 aliphatic carbocycles. The molecular weight excluding hydrogens is 284 g/mol. The Morgan fingerprint density at radius 1 is 1.09 bits per heavy atom. The second-order valence-electron chi connectivity index (χ2n) is 5.18. The summed E-state index contributed by atoms with van der Waals surface area (Å²) in [4.78, 5) is 14.1. The van der Waals surface area contributed by atoms with Gasteiger partial charge in [-0.2, -0.15) is 0 Å². The molecule has 6 heteroatoms. The Kier molecular flexibility index (Phi) is 3.50. The number of carbonyl (C=O) groups excluding carboxylic acids is 1. The molecular formula is C16H16N2O4. The second kappa shape index (κ2) is 5.48. The van der Waals surface area contributed by atoms with Crippen LogP contribution in [0.2, 0.25) is 0 Å². The molecule has 2 aromatic carbocycles. The number of phenols is 3. The minimum Gasteiger partial charge on any atom is -0.504 e. The maximum atomic E-state index is 12.4.